The predicted octanol–water partition coefficient (Wildman–Crippen LogP) is 4.88. The number of carbonyl (C=O) groups is 2. The van der Waals surface area contributed by atoms with Gasteiger partial charge in [0.2, 0.25) is 5.91 Å². The maximum atomic E-state index is 13.0. The largest absolute Gasteiger partial charge is 0.382 e. The Morgan fingerprint density at radius 2 is 1.97 bits per heavy atom. The number of ether oxygens (including phenoxy) is 1. The summed E-state index contributed by atoms with van der Waals surface area (Å²) in [5.74, 6) is 0.405. The molecule has 0 aliphatic rings. The van der Waals surface area contributed by atoms with Crippen molar-refractivity contribution in [3.8, 4) is 0 Å². The Hall–Kier alpha value is -2.90. The highest BCUT2D eigenvalue weighted by atomic mass is 35.5. The molecule has 1 aromatic heterocycles. The molecular weight excluding hydrogens is 452 g/mol. The molecule has 0 fully saturated rings. The van der Waals surface area contributed by atoms with E-state index in [2.05, 4.69) is 27.5 Å². The first-order valence-corrected chi connectivity index (χ1v) is 11.8. The standard InChI is InChI=1S/C26H33ClN4O3/c1-6-26(3,4)31-23(32)12-9-17-7-8-18(13-16(17)2)25(33)30-22(15-34-5)24-28-20-11-10-19(27)14-21(20)29-24/h7-8,10-11,13-14,22H,6,9,12,15H2,1-5H3,(H,28,29)(H,30,33)(H,31,32)/t22-/m0/s1. The van der Waals surface area contributed by atoms with Crippen molar-refractivity contribution in [3.05, 3.63) is 63.9 Å². The van der Waals surface area contributed by atoms with E-state index in [9.17, 15) is 9.59 Å². The fraction of sp³-hybridized carbons (Fsp3) is 0.423. The Bertz CT molecular complexity index is 1170. The minimum Gasteiger partial charge on any atom is -0.382 e. The number of amides is 2. The van der Waals surface area contributed by atoms with Crippen LogP contribution in [0.25, 0.3) is 11.0 Å². The number of nitrogens with zero attached hydrogens (tertiary/aromatic N) is 1. The van der Waals surface area contributed by atoms with Gasteiger partial charge in [-0.25, -0.2) is 4.98 Å². The van der Waals surface area contributed by atoms with E-state index in [4.69, 9.17) is 16.3 Å². The monoisotopic (exact) mass is 484 g/mol. The molecule has 1 heterocycles. The van der Waals surface area contributed by atoms with Crippen LogP contribution in [0.4, 0.5) is 0 Å². The normalized spacial score (nSPS) is 12.5. The summed E-state index contributed by atoms with van der Waals surface area (Å²) in [6, 6.07) is 10.5. The first kappa shape index (κ1) is 25.7. The smallest absolute Gasteiger partial charge is 0.251 e. The summed E-state index contributed by atoms with van der Waals surface area (Å²) < 4.78 is 5.32. The Morgan fingerprint density at radius 3 is 2.65 bits per heavy atom. The van der Waals surface area contributed by atoms with Gasteiger partial charge in [-0.1, -0.05) is 24.6 Å². The van der Waals surface area contributed by atoms with Crippen LogP contribution in [-0.2, 0) is 16.0 Å². The molecule has 0 aliphatic heterocycles. The lowest BCUT2D eigenvalue weighted by atomic mass is 9.99. The van der Waals surface area contributed by atoms with Crippen molar-refractivity contribution in [2.75, 3.05) is 13.7 Å². The van der Waals surface area contributed by atoms with Crippen LogP contribution in [0.3, 0.4) is 0 Å². The number of carbonyl (C=O) groups excluding carboxylic acids is 2. The molecule has 3 N–H and O–H groups in total. The number of fused-ring (bicyclic) bond motifs is 1. The van der Waals surface area contributed by atoms with Gasteiger partial charge in [0.1, 0.15) is 11.9 Å². The van der Waals surface area contributed by atoms with Crippen molar-refractivity contribution in [2.45, 2.75) is 58.5 Å². The number of halogens is 1. The highest BCUT2D eigenvalue weighted by molar-refractivity contribution is 6.31. The van der Waals surface area contributed by atoms with Gasteiger partial charge in [0.05, 0.1) is 17.6 Å². The summed E-state index contributed by atoms with van der Waals surface area (Å²) in [5.41, 5.74) is 3.91. The number of H-pyrrole nitrogens is 1. The van der Waals surface area contributed by atoms with Gasteiger partial charge in [0.15, 0.2) is 0 Å². The minimum atomic E-state index is -0.450. The zero-order valence-electron chi connectivity index (χ0n) is 20.4. The van der Waals surface area contributed by atoms with E-state index < -0.39 is 6.04 Å². The summed E-state index contributed by atoms with van der Waals surface area (Å²) in [4.78, 5) is 33.1. The van der Waals surface area contributed by atoms with E-state index in [0.29, 0.717) is 29.3 Å². The molecule has 0 radical (unpaired) electrons. The van der Waals surface area contributed by atoms with Crippen LogP contribution in [0.15, 0.2) is 36.4 Å². The number of methoxy groups -OCH3 is 1. The minimum absolute atomic E-state index is 0.0302. The molecule has 7 nitrogen and oxygen atoms in total. The van der Waals surface area contributed by atoms with Crippen molar-refractivity contribution in [3.63, 3.8) is 0 Å². The quantitative estimate of drug-likeness (QED) is 0.382. The van der Waals surface area contributed by atoms with E-state index in [1.807, 2.05) is 39.0 Å². The number of aromatic amines is 1. The Balaban J connectivity index is 1.68. The molecule has 2 aromatic carbocycles. The molecule has 0 bridgehead atoms. The Morgan fingerprint density at radius 1 is 1.21 bits per heavy atom. The van der Waals surface area contributed by atoms with Crippen molar-refractivity contribution < 1.29 is 14.3 Å². The number of benzene rings is 2. The molecular formula is C26H33ClN4O3. The number of nitrogens with one attached hydrogen (secondary N) is 3. The number of rotatable bonds is 10. The number of aryl methyl sites for hydroxylation is 2. The summed E-state index contributed by atoms with van der Waals surface area (Å²) in [5, 5.41) is 6.66. The van der Waals surface area contributed by atoms with Gasteiger partial charge in [-0.3, -0.25) is 9.59 Å². The molecule has 8 heteroatoms. The number of hydrogen-bond acceptors (Lipinski definition) is 4. The zero-order valence-corrected chi connectivity index (χ0v) is 21.2. The van der Waals surface area contributed by atoms with Crippen molar-refractivity contribution in [1.29, 1.82) is 0 Å². The molecule has 0 saturated carbocycles. The second-order valence-electron chi connectivity index (χ2n) is 9.19. The number of imidazole rings is 1. The lowest BCUT2D eigenvalue weighted by Gasteiger charge is -2.24. The second-order valence-corrected chi connectivity index (χ2v) is 9.63. The summed E-state index contributed by atoms with van der Waals surface area (Å²) in [7, 11) is 1.58. The molecule has 182 valence electrons. The lowest BCUT2D eigenvalue weighted by molar-refractivity contribution is -0.122. The van der Waals surface area contributed by atoms with Crippen molar-refractivity contribution >= 4 is 34.4 Å². The van der Waals surface area contributed by atoms with Crippen LogP contribution in [0, 0.1) is 6.92 Å². The fourth-order valence-electron chi connectivity index (χ4n) is 3.66. The molecule has 1 atom stereocenters. The Labute approximate surface area is 205 Å². The molecule has 2 amide bonds. The van der Waals surface area contributed by atoms with Crippen molar-refractivity contribution in [2.24, 2.45) is 0 Å². The highest BCUT2D eigenvalue weighted by Gasteiger charge is 2.21. The molecule has 0 aliphatic carbocycles. The fourth-order valence-corrected chi connectivity index (χ4v) is 3.83. The molecule has 34 heavy (non-hydrogen) atoms. The summed E-state index contributed by atoms with van der Waals surface area (Å²) >= 11 is 6.07. The Kier molecular flexibility index (Phi) is 8.33. The van der Waals surface area contributed by atoms with Crippen LogP contribution in [0.5, 0.6) is 0 Å². The lowest BCUT2D eigenvalue weighted by Crippen LogP contribution is -2.42. The average molecular weight is 485 g/mol. The summed E-state index contributed by atoms with van der Waals surface area (Å²) in [6.07, 6.45) is 1.89. The van der Waals surface area contributed by atoms with Gasteiger partial charge in [-0.05, 0) is 75.1 Å². The van der Waals surface area contributed by atoms with E-state index >= 15 is 0 Å². The van der Waals surface area contributed by atoms with E-state index in [1.54, 1.807) is 25.3 Å². The first-order valence-electron chi connectivity index (χ1n) is 11.5. The van der Waals surface area contributed by atoms with Crippen LogP contribution < -0.4 is 10.6 Å². The van der Waals surface area contributed by atoms with Gasteiger partial charge in [-0.2, -0.15) is 0 Å². The predicted molar refractivity (Wildman–Crippen MR) is 135 cm³/mol. The van der Waals surface area contributed by atoms with E-state index in [-0.39, 0.29) is 24.0 Å². The third-order valence-electron chi connectivity index (χ3n) is 6.02. The van der Waals surface area contributed by atoms with Crippen LogP contribution in [0.1, 0.15) is 67.0 Å². The number of aromatic nitrogens is 2. The molecule has 0 saturated heterocycles. The van der Waals surface area contributed by atoms with Crippen LogP contribution in [0.2, 0.25) is 5.02 Å². The first-order chi connectivity index (χ1) is 16.1. The topological polar surface area (TPSA) is 96.1 Å². The number of hydrogen-bond donors (Lipinski definition) is 3. The third-order valence-corrected chi connectivity index (χ3v) is 6.25. The summed E-state index contributed by atoms with van der Waals surface area (Å²) in [6.45, 7) is 8.30. The molecule has 0 spiro atoms. The van der Waals surface area contributed by atoms with Crippen LogP contribution in [-0.4, -0.2) is 41.0 Å². The molecule has 3 aromatic rings. The second kappa shape index (κ2) is 11.0. The van der Waals surface area contributed by atoms with E-state index in [0.717, 1.165) is 28.6 Å². The van der Waals surface area contributed by atoms with Crippen LogP contribution >= 0.6 is 11.6 Å². The van der Waals surface area contributed by atoms with Gasteiger partial charge in [-0.15, -0.1) is 0 Å². The zero-order chi connectivity index (χ0) is 24.9. The molecule has 3 rings (SSSR count). The van der Waals surface area contributed by atoms with Gasteiger partial charge in [0.25, 0.3) is 5.91 Å². The van der Waals surface area contributed by atoms with Gasteiger partial charge in [0, 0.05) is 29.7 Å². The van der Waals surface area contributed by atoms with Gasteiger partial charge >= 0.3 is 0 Å². The van der Waals surface area contributed by atoms with E-state index in [1.165, 1.54) is 0 Å². The van der Waals surface area contributed by atoms with Crippen molar-refractivity contribution in [1.82, 2.24) is 20.6 Å². The maximum Gasteiger partial charge on any atom is 0.251 e. The SMILES string of the molecule is CCC(C)(C)NC(=O)CCc1ccc(C(=O)N[C@@H](COC)c2nc3ccc(Cl)cc3[nH]2)cc1C. The molecule has 0 unspecified atom stereocenters. The third kappa shape index (κ3) is 6.58. The van der Waals surface area contributed by atoms with Gasteiger partial charge < -0.3 is 20.4 Å². The highest BCUT2D eigenvalue weighted by Crippen LogP contribution is 2.21. The average Bonchev–Trinajstić information content (AvgIpc) is 3.20. The maximum absolute atomic E-state index is 13.0.